The van der Waals surface area contributed by atoms with E-state index >= 15 is 0 Å². The molecule has 1 saturated heterocycles. The fourth-order valence-electron chi connectivity index (χ4n) is 2.82. The second-order valence-corrected chi connectivity index (χ2v) is 6.17. The van der Waals surface area contributed by atoms with Crippen LogP contribution in [-0.2, 0) is 4.74 Å². The van der Waals surface area contributed by atoms with E-state index in [9.17, 15) is 0 Å². The summed E-state index contributed by atoms with van der Waals surface area (Å²) in [5, 5.41) is 3.37. The maximum absolute atomic E-state index is 5.35. The second-order valence-electron chi connectivity index (χ2n) is 5.20. The number of nitrogens with zero attached hydrogens (tertiary/aromatic N) is 2. The first kappa shape index (κ1) is 11.8. The van der Waals surface area contributed by atoms with Crippen LogP contribution in [0.1, 0.15) is 32.1 Å². The van der Waals surface area contributed by atoms with Gasteiger partial charge in [0.15, 0.2) is 5.17 Å². The van der Waals surface area contributed by atoms with Gasteiger partial charge in [-0.25, -0.2) is 5.01 Å². The van der Waals surface area contributed by atoms with E-state index in [2.05, 4.69) is 10.4 Å². The Kier molecular flexibility index (Phi) is 3.59. The number of hydrogen-bond acceptors (Lipinski definition) is 5. The van der Waals surface area contributed by atoms with Crippen molar-refractivity contribution in [3.63, 3.8) is 0 Å². The predicted octanol–water partition coefficient (Wildman–Crippen LogP) is 1.63. The maximum Gasteiger partial charge on any atom is 0.171 e. The Morgan fingerprint density at radius 3 is 2.71 bits per heavy atom. The van der Waals surface area contributed by atoms with E-state index in [-0.39, 0.29) is 5.54 Å². The quantitative estimate of drug-likeness (QED) is 0.772. The van der Waals surface area contributed by atoms with Gasteiger partial charge >= 0.3 is 0 Å². The summed E-state index contributed by atoms with van der Waals surface area (Å²) in [6.07, 6.45) is 6.68. The van der Waals surface area contributed by atoms with Gasteiger partial charge in [-0.2, -0.15) is 0 Å². The van der Waals surface area contributed by atoms with Gasteiger partial charge in [0.2, 0.25) is 0 Å². The number of hydrogen-bond donors (Lipinski definition) is 1. The molecule has 5 heteroatoms. The van der Waals surface area contributed by atoms with Gasteiger partial charge in [0, 0.05) is 18.8 Å². The third kappa shape index (κ3) is 2.77. The highest BCUT2D eigenvalue weighted by Crippen LogP contribution is 2.39. The Labute approximate surface area is 107 Å². The molecule has 0 atom stereocenters. The molecule has 17 heavy (non-hydrogen) atoms. The average Bonchev–Trinajstić information content (AvgIpc) is 2.74. The molecule has 96 valence electrons. The van der Waals surface area contributed by atoms with Crippen LogP contribution in [0.4, 0.5) is 0 Å². The van der Waals surface area contributed by atoms with Crippen molar-refractivity contribution in [3.8, 4) is 0 Å². The number of thioether (sulfide) groups is 1. The first-order chi connectivity index (χ1) is 8.36. The molecular weight excluding hydrogens is 234 g/mol. The van der Waals surface area contributed by atoms with Crippen molar-refractivity contribution in [2.45, 2.75) is 37.6 Å². The van der Waals surface area contributed by atoms with Crippen molar-refractivity contribution < 1.29 is 4.74 Å². The fourth-order valence-corrected chi connectivity index (χ4v) is 4.03. The van der Waals surface area contributed by atoms with Crippen LogP contribution in [0.5, 0.6) is 0 Å². The van der Waals surface area contributed by atoms with Crippen molar-refractivity contribution in [1.82, 2.24) is 10.4 Å². The van der Waals surface area contributed by atoms with E-state index in [1.54, 1.807) is 0 Å². The predicted molar refractivity (Wildman–Crippen MR) is 71.2 cm³/mol. The lowest BCUT2D eigenvalue weighted by atomic mass is 9.84. The molecule has 2 heterocycles. The summed E-state index contributed by atoms with van der Waals surface area (Å²) >= 11 is 1.90. The van der Waals surface area contributed by atoms with E-state index in [1.807, 2.05) is 11.8 Å². The molecule has 1 aliphatic carbocycles. The standard InChI is InChI=1S/C12H21N3OS/c1-2-4-12(5-3-1)10-17-11(13-12)14-15-6-8-16-9-7-15/h1-10H2,(H,13,14). The van der Waals surface area contributed by atoms with Crippen LogP contribution in [0.3, 0.4) is 0 Å². The van der Waals surface area contributed by atoms with E-state index in [1.165, 1.54) is 37.9 Å². The molecule has 0 unspecified atom stereocenters. The van der Waals surface area contributed by atoms with Crippen LogP contribution in [0.15, 0.2) is 4.99 Å². The van der Waals surface area contributed by atoms with E-state index in [0.29, 0.717) is 0 Å². The molecule has 0 bridgehead atoms. The number of aliphatic imine (C=N–C) groups is 1. The topological polar surface area (TPSA) is 36.9 Å². The summed E-state index contributed by atoms with van der Waals surface area (Å²) in [6.45, 7) is 3.59. The lowest BCUT2D eigenvalue weighted by Gasteiger charge is -2.29. The van der Waals surface area contributed by atoms with Crippen LogP contribution in [0.25, 0.3) is 0 Å². The SMILES string of the molecule is C1CCC2(CC1)CSC(NN1CCOCC1)=N2. The minimum Gasteiger partial charge on any atom is -0.379 e. The minimum atomic E-state index is 0.275. The normalized spacial score (nSPS) is 29.3. The highest BCUT2D eigenvalue weighted by Gasteiger charge is 2.37. The van der Waals surface area contributed by atoms with Crippen molar-refractivity contribution >= 4 is 16.9 Å². The summed E-state index contributed by atoms with van der Waals surface area (Å²) in [5.74, 6) is 1.18. The van der Waals surface area contributed by atoms with E-state index in [4.69, 9.17) is 9.73 Å². The molecule has 2 aliphatic heterocycles. The van der Waals surface area contributed by atoms with Crippen molar-refractivity contribution in [2.75, 3.05) is 32.1 Å². The van der Waals surface area contributed by atoms with Crippen molar-refractivity contribution in [2.24, 2.45) is 4.99 Å². The lowest BCUT2D eigenvalue weighted by Crippen LogP contribution is -2.47. The van der Waals surface area contributed by atoms with Gasteiger partial charge in [0.25, 0.3) is 0 Å². The third-order valence-corrected chi connectivity index (χ3v) is 5.00. The summed E-state index contributed by atoms with van der Waals surface area (Å²) in [6, 6.07) is 0. The van der Waals surface area contributed by atoms with Gasteiger partial charge in [-0.3, -0.25) is 10.4 Å². The number of morpholine rings is 1. The number of ether oxygens (including phenoxy) is 1. The number of amidine groups is 1. The second kappa shape index (κ2) is 5.16. The first-order valence-electron chi connectivity index (χ1n) is 6.68. The summed E-state index contributed by atoms with van der Waals surface area (Å²) in [4.78, 5) is 4.96. The van der Waals surface area contributed by atoms with Crippen LogP contribution in [0, 0.1) is 0 Å². The monoisotopic (exact) mass is 255 g/mol. The Hall–Kier alpha value is -0.260. The van der Waals surface area contributed by atoms with Crippen LogP contribution < -0.4 is 5.43 Å². The summed E-state index contributed by atoms with van der Waals surface area (Å²) in [7, 11) is 0. The smallest absolute Gasteiger partial charge is 0.171 e. The van der Waals surface area contributed by atoms with Gasteiger partial charge in [0.05, 0.1) is 18.8 Å². The molecule has 2 fully saturated rings. The Morgan fingerprint density at radius 1 is 1.18 bits per heavy atom. The van der Waals surface area contributed by atoms with Gasteiger partial charge < -0.3 is 4.74 Å². The highest BCUT2D eigenvalue weighted by molar-refractivity contribution is 8.14. The molecule has 4 nitrogen and oxygen atoms in total. The third-order valence-electron chi connectivity index (χ3n) is 3.87. The maximum atomic E-state index is 5.35. The van der Waals surface area contributed by atoms with E-state index in [0.717, 1.165) is 31.5 Å². The molecule has 3 rings (SSSR count). The van der Waals surface area contributed by atoms with Crippen LogP contribution >= 0.6 is 11.8 Å². The summed E-state index contributed by atoms with van der Waals surface area (Å²) < 4.78 is 5.35. The Bertz CT molecular complexity index is 296. The van der Waals surface area contributed by atoms with Gasteiger partial charge in [-0.05, 0) is 12.8 Å². The Morgan fingerprint density at radius 2 is 1.94 bits per heavy atom. The van der Waals surface area contributed by atoms with E-state index < -0.39 is 0 Å². The van der Waals surface area contributed by atoms with Crippen molar-refractivity contribution in [3.05, 3.63) is 0 Å². The largest absolute Gasteiger partial charge is 0.379 e. The van der Waals surface area contributed by atoms with Crippen LogP contribution in [-0.4, -0.2) is 47.8 Å². The molecule has 0 aromatic carbocycles. The minimum absolute atomic E-state index is 0.275. The van der Waals surface area contributed by atoms with Gasteiger partial charge in [0.1, 0.15) is 0 Å². The zero-order valence-electron chi connectivity index (χ0n) is 10.3. The molecule has 0 amide bonds. The Balaban J connectivity index is 1.58. The van der Waals surface area contributed by atoms with Crippen molar-refractivity contribution in [1.29, 1.82) is 0 Å². The molecule has 1 N–H and O–H groups in total. The molecule has 0 aromatic heterocycles. The van der Waals surface area contributed by atoms with Gasteiger partial charge in [-0.1, -0.05) is 31.0 Å². The molecule has 0 aromatic rings. The number of nitrogens with one attached hydrogen (secondary N) is 1. The fraction of sp³-hybridized carbons (Fsp3) is 0.917. The van der Waals surface area contributed by atoms with Gasteiger partial charge in [-0.15, -0.1) is 0 Å². The molecule has 1 spiro atoms. The highest BCUT2D eigenvalue weighted by atomic mass is 32.2. The zero-order chi connectivity index (χ0) is 11.6. The summed E-state index contributed by atoms with van der Waals surface area (Å²) in [5.41, 5.74) is 3.73. The molecule has 0 radical (unpaired) electrons. The number of rotatable bonds is 1. The average molecular weight is 255 g/mol. The van der Waals surface area contributed by atoms with Crippen LogP contribution in [0.2, 0.25) is 0 Å². The molecular formula is C12H21N3OS. The lowest BCUT2D eigenvalue weighted by molar-refractivity contribution is 0.0253. The number of hydrazine groups is 1. The zero-order valence-corrected chi connectivity index (χ0v) is 11.1. The first-order valence-corrected chi connectivity index (χ1v) is 7.67. The molecule has 3 aliphatic rings. The molecule has 1 saturated carbocycles.